The maximum atomic E-state index is 12.9. The quantitative estimate of drug-likeness (QED) is 0.784. The number of hydrogen-bond acceptors (Lipinski definition) is 4. The molecule has 1 N–H and O–H groups in total. The first kappa shape index (κ1) is 12.2. The van der Waals surface area contributed by atoms with Crippen molar-refractivity contribution in [2.45, 2.75) is 13.1 Å². The van der Waals surface area contributed by atoms with Crippen molar-refractivity contribution in [3.05, 3.63) is 59.4 Å². The van der Waals surface area contributed by atoms with Gasteiger partial charge in [-0.25, -0.2) is 4.39 Å². The van der Waals surface area contributed by atoms with Gasteiger partial charge in [-0.05, 0) is 47.5 Å². The van der Waals surface area contributed by atoms with Gasteiger partial charge in [0.15, 0.2) is 0 Å². The van der Waals surface area contributed by atoms with Crippen LogP contribution in [0.2, 0.25) is 0 Å². The highest BCUT2D eigenvalue weighted by atomic mass is 19.1. The lowest BCUT2D eigenvalue weighted by Gasteiger charge is -1.99. The van der Waals surface area contributed by atoms with Crippen molar-refractivity contribution in [3.63, 3.8) is 0 Å². The summed E-state index contributed by atoms with van der Waals surface area (Å²) in [5, 5.41) is 7.26. The number of fused-ring (bicyclic) bond motifs is 1. The smallest absolute Gasteiger partial charge is 0.258 e. The molecule has 104 valence electrons. The summed E-state index contributed by atoms with van der Waals surface area (Å²) in [6, 6.07) is 12.2. The lowest BCUT2D eigenvalue weighted by molar-refractivity contribution is 0.432. The molecule has 5 heteroatoms. The van der Waals surface area contributed by atoms with E-state index in [1.807, 2.05) is 6.07 Å². The van der Waals surface area contributed by atoms with Crippen LogP contribution in [0, 0.1) is 5.82 Å². The minimum absolute atomic E-state index is 0.284. The van der Waals surface area contributed by atoms with Gasteiger partial charge in [0.05, 0.1) is 0 Å². The Morgan fingerprint density at radius 3 is 2.57 bits per heavy atom. The van der Waals surface area contributed by atoms with E-state index in [0.717, 1.165) is 24.2 Å². The molecule has 0 spiro atoms. The van der Waals surface area contributed by atoms with Gasteiger partial charge >= 0.3 is 0 Å². The Kier molecular flexibility index (Phi) is 2.79. The number of benzene rings is 2. The third-order valence-corrected chi connectivity index (χ3v) is 3.61. The van der Waals surface area contributed by atoms with Crippen LogP contribution in [0.15, 0.2) is 47.0 Å². The Morgan fingerprint density at radius 1 is 0.952 bits per heavy atom. The van der Waals surface area contributed by atoms with E-state index in [-0.39, 0.29) is 5.82 Å². The topological polar surface area (TPSA) is 51.0 Å². The Balaban J connectivity index is 1.69. The van der Waals surface area contributed by atoms with Gasteiger partial charge in [0, 0.05) is 24.2 Å². The zero-order chi connectivity index (χ0) is 14.2. The van der Waals surface area contributed by atoms with Crippen LogP contribution in [-0.2, 0) is 13.1 Å². The monoisotopic (exact) mass is 281 g/mol. The highest BCUT2D eigenvalue weighted by Crippen LogP contribution is 2.26. The summed E-state index contributed by atoms with van der Waals surface area (Å²) in [4.78, 5) is 4.39. The van der Waals surface area contributed by atoms with Gasteiger partial charge < -0.3 is 9.84 Å². The Hall–Kier alpha value is -2.53. The molecule has 1 aromatic heterocycles. The van der Waals surface area contributed by atoms with E-state index in [1.54, 1.807) is 12.1 Å². The van der Waals surface area contributed by atoms with Crippen LogP contribution >= 0.6 is 0 Å². The minimum atomic E-state index is -0.284. The maximum Gasteiger partial charge on any atom is 0.258 e. The molecule has 0 radical (unpaired) electrons. The summed E-state index contributed by atoms with van der Waals surface area (Å²) in [5.74, 6) is 0.654. The van der Waals surface area contributed by atoms with Gasteiger partial charge in [-0.1, -0.05) is 11.2 Å². The molecule has 4 rings (SSSR count). The maximum absolute atomic E-state index is 12.9. The van der Waals surface area contributed by atoms with Gasteiger partial charge in [0.2, 0.25) is 5.82 Å². The molecule has 1 aliphatic rings. The van der Waals surface area contributed by atoms with E-state index in [4.69, 9.17) is 4.52 Å². The Labute approximate surface area is 120 Å². The van der Waals surface area contributed by atoms with Gasteiger partial charge in [-0.15, -0.1) is 0 Å². The zero-order valence-corrected chi connectivity index (χ0v) is 11.1. The van der Waals surface area contributed by atoms with Crippen LogP contribution in [0.1, 0.15) is 11.1 Å². The lowest BCUT2D eigenvalue weighted by Crippen LogP contribution is -1.99. The lowest BCUT2D eigenvalue weighted by atomic mass is 10.1. The first-order chi connectivity index (χ1) is 10.3. The summed E-state index contributed by atoms with van der Waals surface area (Å²) in [5.41, 5.74) is 4.19. The fourth-order valence-corrected chi connectivity index (χ4v) is 2.48. The minimum Gasteiger partial charge on any atom is -0.334 e. The van der Waals surface area contributed by atoms with Crippen LogP contribution < -0.4 is 5.32 Å². The van der Waals surface area contributed by atoms with Crippen LogP contribution in [0.3, 0.4) is 0 Å². The summed E-state index contributed by atoms with van der Waals surface area (Å²) in [6.45, 7) is 1.77. The van der Waals surface area contributed by atoms with Crippen LogP contribution in [0.4, 0.5) is 4.39 Å². The molecule has 0 saturated carbocycles. The number of aromatic nitrogens is 2. The van der Waals surface area contributed by atoms with E-state index < -0.39 is 0 Å². The van der Waals surface area contributed by atoms with Gasteiger partial charge in [0.1, 0.15) is 5.82 Å². The first-order valence-corrected chi connectivity index (χ1v) is 6.72. The standard InChI is InChI=1S/C16H12FN3O/c17-14-5-3-10(4-6-14)15-19-16(21-20-15)11-1-2-12-8-18-9-13(12)7-11/h1-7,18H,8-9H2. The fourth-order valence-electron chi connectivity index (χ4n) is 2.48. The highest BCUT2D eigenvalue weighted by Gasteiger charge is 2.15. The molecular formula is C16H12FN3O. The molecular weight excluding hydrogens is 269 g/mol. The molecule has 0 aliphatic carbocycles. The Bertz CT molecular complexity index is 796. The first-order valence-electron chi connectivity index (χ1n) is 6.72. The van der Waals surface area contributed by atoms with Crippen molar-refractivity contribution in [2.24, 2.45) is 0 Å². The summed E-state index contributed by atoms with van der Waals surface area (Å²) >= 11 is 0. The molecule has 2 heterocycles. The summed E-state index contributed by atoms with van der Waals surface area (Å²) < 4.78 is 18.2. The number of nitrogens with one attached hydrogen (secondary N) is 1. The van der Waals surface area contributed by atoms with E-state index in [9.17, 15) is 4.39 Å². The molecule has 1 aliphatic heterocycles. The molecule has 0 unspecified atom stereocenters. The van der Waals surface area contributed by atoms with E-state index in [2.05, 4.69) is 27.6 Å². The largest absolute Gasteiger partial charge is 0.334 e. The van der Waals surface area contributed by atoms with Gasteiger partial charge in [-0.3, -0.25) is 0 Å². The predicted molar refractivity (Wildman–Crippen MR) is 75.7 cm³/mol. The number of nitrogens with zero attached hydrogens (tertiary/aromatic N) is 2. The predicted octanol–water partition coefficient (Wildman–Crippen LogP) is 3.15. The molecule has 4 nitrogen and oxygen atoms in total. The molecule has 2 aromatic carbocycles. The van der Waals surface area contributed by atoms with Crippen LogP contribution in [0.5, 0.6) is 0 Å². The second-order valence-electron chi connectivity index (χ2n) is 5.02. The van der Waals surface area contributed by atoms with Gasteiger partial charge in [0.25, 0.3) is 5.89 Å². The Morgan fingerprint density at radius 2 is 1.71 bits per heavy atom. The fraction of sp³-hybridized carbons (Fsp3) is 0.125. The summed E-state index contributed by atoms with van der Waals surface area (Å²) in [7, 11) is 0. The number of hydrogen-bond donors (Lipinski definition) is 1. The van der Waals surface area contributed by atoms with Crippen molar-refractivity contribution in [2.75, 3.05) is 0 Å². The molecule has 0 saturated heterocycles. The second-order valence-corrected chi connectivity index (χ2v) is 5.02. The SMILES string of the molecule is Fc1ccc(-c2noc(-c3ccc4c(c3)CNC4)n2)cc1. The average molecular weight is 281 g/mol. The third-order valence-electron chi connectivity index (χ3n) is 3.61. The highest BCUT2D eigenvalue weighted by molar-refractivity contribution is 5.61. The van der Waals surface area contributed by atoms with Crippen molar-refractivity contribution in [3.8, 4) is 22.8 Å². The van der Waals surface area contributed by atoms with Gasteiger partial charge in [-0.2, -0.15) is 4.98 Å². The third kappa shape index (κ3) is 2.21. The van der Waals surface area contributed by atoms with E-state index >= 15 is 0 Å². The molecule has 0 amide bonds. The zero-order valence-electron chi connectivity index (χ0n) is 11.1. The van der Waals surface area contributed by atoms with E-state index in [0.29, 0.717) is 11.7 Å². The molecule has 3 aromatic rings. The number of rotatable bonds is 2. The molecule has 0 bridgehead atoms. The normalized spacial score (nSPS) is 13.4. The number of halogens is 1. The van der Waals surface area contributed by atoms with Crippen molar-refractivity contribution >= 4 is 0 Å². The van der Waals surface area contributed by atoms with E-state index in [1.165, 1.54) is 23.3 Å². The van der Waals surface area contributed by atoms with Crippen molar-refractivity contribution < 1.29 is 8.91 Å². The van der Waals surface area contributed by atoms with Crippen molar-refractivity contribution in [1.29, 1.82) is 0 Å². The second kappa shape index (κ2) is 4.79. The molecule has 0 atom stereocenters. The summed E-state index contributed by atoms with van der Waals surface area (Å²) in [6.07, 6.45) is 0. The molecule has 0 fully saturated rings. The van der Waals surface area contributed by atoms with Crippen molar-refractivity contribution in [1.82, 2.24) is 15.5 Å². The average Bonchev–Trinajstić information content (AvgIpc) is 3.16. The molecule has 21 heavy (non-hydrogen) atoms. The van der Waals surface area contributed by atoms with Crippen LogP contribution in [-0.4, -0.2) is 10.1 Å². The van der Waals surface area contributed by atoms with Crippen LogP contribution in [0.25, 0.3) is 22.8 Å².